The summed E-state index contributed by atoms with van der Waals surface area (Å²) in [4.78, 5) is 16.7. The molecule has 0 radical (unpaired) electrons. The highest BCUT2D eigenvalue weighted by Crippen LogP contribution is 2.24. The van der Waals surface area contributed by atoms with Gasteiger partial charge in [-0.2, -0.15) is 0 Å². The predicted octanol–water partition coefficient (Wildman–Crippen LogP) is 1.83. The van der Waals surface area contributed by atoms with Crippen LogP contribution >= 0.6 is 23.2 Å². The highest BCUT2D eigenvalue weighted by molar-refractivity contribution is 6.32. The smallest absolute Gasteiger partial charge is 0.221 e. The third-order valence-corrected chi connectivity index (χ3v) is 3.62. The lowest BCUT2D eigenvalue weighted by molar-refractivity contribution is -0.121. The molecular weight excluding hydrogens is 280 g/mol. The first-order chi connectivity index (χ1) is 8.47. The average molecular weight is 292 g/mol. The Hall–Kier alpha value is -0.910. The molecule has 0 spiro atoms. The maximum Gasteiger partial charge on any atom is 0.221 e. The zero-order chi connectivity index (χ0) is 13.3. The molecule has 0 saturated carbocycles. The quantitative estimate of drug-likeness (QED) is 0.865. The number of nitrogens with zero attached hydrogens (tertiary/aromatic N) is 2. The van der Waals surface area contributed by atoms with Crippen LogP contribution < -0.4 is 5.73 Å². The van der Waals surface area contributed by atoms with Crippen LogP contribution in [0.25, 0.3) is 0 Å². The fraction of sp³-hybridized carbons (Fsp3) is 0.455. The van der Waals surface area contributed by atoms with Crippen LogP contribution in [0.15, 0.2) is 6.07 Å². The van der Waals surface area contributed by atoms with Gasteiger partial charge in [0.2, 0.25) is 5.91 Å². The summed E-state index contributed by atoms with van der Waals surface area (Å²) in [5.74, 6) is -1.04. The van der Waals surface area contributed by atoms with E-state index >= 15 is 0 Å². The van der Waals surface area contributed by atoms with Gasteiger partial charge < -0.3 is 5.73 Å². The minimum Gasteiger partial charge on any atom is -0.369 e. The number of halogens is 3. The summed E-state index contributed by atoms with van der Waals surface area (Å²) in [5, 5.41) is -0.0518. The normalized spacial score (nSPS) is 20.3. The van der Waals surface area contributed by atoms with Gasteiger partial charge in [-0.1, -0.05) is 23.2 Å². The molecule has 1 aromatic rings. The maximum absolute atomic E-state index is 13.3. The van der Waals surface area contributed by atoms with Gasteiger partial charge in [0.1, 0.15) is 5.15 Å². The molecule has 1 amide bonds. The molecule has 2 heterocycles. The van der Waals surface area contributed by atoms with Crippen LogP contribution in [-0.4, -0.2) is 28.9 Å². The fourth-order valence-electron chi connectivity index (χ4n) is 2.04. The molecule has 1 aromatic heterocycles. The van der Waals surface area contributed by atoms with E-state index in [4.69, 9.17) is 28.9 Å². The summed E-state index contributed by atoms with van der Waals surface area (Å²) >= 11 is 11.4. The van der Waals surface area contributed by atoms with Crippen LogP contribution in [-0.2, 0) is 11.3 Å². The van der Waals surface area contributed by atoms with Crippen LogP contribution in [0.3, 0.4) is 0 Å². The van der Waals surface area contributed by atoms with Gasteiger partial charge in [-0.05, 0) is 19.0 Å². The molecule has 1 aliphatic heterocycles. The third kappa shape index (κ3) is 2.91. The molecule has 18 heavy (non-hydrogen) atoms. The molecule has 1 aliphatic rings. The number of aromatic nitrogens is 1. The van der Waals surface area contributed by atoms with Gasteiger partial charge in [0.25, 0.3) is 0 Å². The number of pyridine rings is 1. The Bertz CT molecular complexity index is 484. The summed E-state index contributed by atoms with van der Waals surface area (Å²) in [5.41, 5.74) is 5.80. The summed E-state index contributed by atoms with van der Waals surface area (Å²) < 4.78 is 13.3. The number of carbonyl (C=O) groups is 1. The SMILES string of the molecule is NC(=O)C1CCN(Cc2cc(F)c(Cl)nc2Cl)C1. The number of likely N-dealkylation sites (tertiary alicyclic amines) is 1. The molecule has 0 aromatic carbocycles. The summed E-state index contributed by atoms with van der Waals surface area (Å²) in [6.07, 6.45) is 0.719. The molecule has 4 nitrogen and oxygen atoms in total. The maximum atomic E-state index is 13.3. The highest BCUT2D eigenvalue weighted by Gasteiger charge is 2.27. The number of hydrogen-bond acceptors (Lipinski definition) is 3. The lowest BCUT2D eigenvalue weighted by atomic mass is 10.1. The van der Waals surface area contributed by atoms with Crippen molar-refractivity contribution in [3.8, 4) is 0 Å². The molecule has 2 rings (SSSR count). The zero-order valence-corrected chi connectivity index (χ0v) is 11.0. The molecule has 7 heteroatoms. The van der Waals surface area contributed by atoms with Crippen LogP contribution in [0.2, 0.25) is 10.3 Å². The molecule has 1 fully saturated rings. The van der Waals surface area contributed by atoms with Gasteiger partial charge in [0.05, 0.1) is 5.92 Å². The molecule has 1 atom stereocenters. The highest BCUT2D eigenvalue weighted by atomic mass is 35.5. The van der Waals surface area contributed by atoms with Crippen molar-refractivity contribution in [2.45, 2.75) is 13.0 Å². The van der Waals surface area contributed by atoms with Crippen molar-refractivity contribution in [1.29, 1.82) is 0 Å². The summed E-state index contributed by atoms with van der Waals surface area (Å²) in [7, 11) is 0. The first kappa shape index (κ1) is 13.5. The van der Waals surface area contributed by atoms with E-state index in [-0.39, 0.29) is 22.1 Å². The minimum absolute atomic E-state index is 0.145. The first-order valence-corrected chi connectivity index (χ1v) is 6.25. The second-order valence-corrected chi connectivity index (χ2v) is 5.05. The van der Waals surface area contributed by atoms with E-state index < -0.39 is 5.82 Å². The summed E-state index contributed by atoms with van der Waals surface area (Å²) in [6.45, 7) is 1.73. The Morgan fingerprint density at radius 3 is 2.89 bits per heavy atom. The second kappa shape index (κ2) is 5.38. The number of nitrogens with two attached hydrogens (primary N) is 1. The Balaban J connectivity index is 2.07. The van der Waals surface area contributed by atoms with E-state index in [1.165, 1.54) is 6.07 Å². The number of carbonyl (C=O) groups excluding carboxylic acids is 1. The molecule has 0 bridgehead atoms. The van der Waals surface area contributed by atoms with E-state index in [1.807, 2.05) is 4.90 Å². The minimum atomic E-state index is -0.596. The lowest BCUT2D eigenvalue weighted by Gasteiger charge is -2.16. The van der Waals surface area contributed by atoms with Crippen molar-refractivity contribution in [3.63, 3.8) is 0 Å². The zero-order valence-electron chi connectivity index (χ0n) is 9.50. The predicted molar refractivity (Wildman–Crippen MR) is 66.8 cm³/mol. The molecule has 1 unspecified atom stereocenters. The molecule has 2 N–H and O–H groups in total. The van der Waals surface area contributed by atoms with Crippen LogP contribution in [0.1, 0.15) is 12.0 Å². The molecular formula is C11H12Cl2FN3O. The molecule has 1 saturated heterocycles. The van der Waals surface area contributed by atoms with Gasteiger partial charge >= 0.3 is 0 Å². The lowest BCUT2D eigenvalue weighted by Crippen LogP contribution is -2.27. The van der Waals surface area contributed by atoms with Crippen molar-refractivity contribution in [2.24, 2.45) is 11.7 Å². The van der Waals surface area contributed by atoms with Crippen molar-refractivity contribution >= 4 is 29.1 Å². The average Bonchev–Trinajstić information content (AvgIpc) is 2.74. The molecule has 98 valence electrons. The van der Waals surface area contributed by atoms with E-state index in [0.29, 0.717) is 18.7 Å². The fourth-order valence-corrected chi connectivity index (χ4v) is 2.42. The number of amides is 1. The van der Waals surface area contributed by atoms with Gasteiger partial charge in [0.15, 0.2) is 11.0 Å². The van der Waals surface area contributed by atoms with E-state index in [9.17, 15) is 9.18 Å². The first-order valence-electron chi connectivity index (χ1n) is 5.49. The Kier molecular flexibility index (Phi) is 4.04. The molecule has 0 aliphatic carbocycles. The number of primary amides is 1. The number of rotatable bonds is 3. The topological polar surface area (TPSA) is 59.2 Å². The Morgan fingerprint density at radius 1 is 1.56 bits per heavy atom. The van der Waals surface area contributed by atoms with Crippen molar-refractivity contribution in [1.82, 2.24) is 9.88 Å². The van der Waals surface area contributed by atoms with E-state index in [2.05, 4.69) is 4.98 Å². The van der Waals surface area contributed by atoms with Gasteiger partial charge in [-0.25, -0.2) is 9.37 Å². The van der Waals surface area contributed by atoms with E-state index in [1.54, 1.807) is 0 Å². The van der Waals surface area contributed by atoms with Gasteiger partial charge in [-0.3, -0.25) is 9.69 Å². The van der Waals surface area contributed by atoms with Crippen molar-refractivity contribution in [3.05, 3.63) is 27.8 Å². The van der Waals surface area contributed by atoms with Crippen LogP contribution in [0.4, 0.5) is 4.39 Å². The third-order valence-electron chi connectivity index (χ3n) is 3.03. The monoisotopic (exact) mass is 291 g/mol. The van der Waals surface area contributed by atoms with E-state index in [0.717, 1.165) is 13.0 Å². The van der Waals surface area contributed by atoms with Crippen molar-refractivity contribution < 1.29 is 9.18 Å². The standard InChI is InChI=1S/C11H12Cl2FN3O/c12-9-7(3-8(14)10(13)16-9)5-17-2-1-6(4-17)11(15)18/h3,6H,1-2,4-5H2,(H2,15,18). The van der Waals surface area contributed by atoms with Crippen molar-refractivity contribution in [2.75, 3.05) is 13.1 Å². The largest absolute Gasteiger partial charge is 0.369 e. The Labute approximate surface area is 114 Å². The number of hydrogen-bond donors (Lipinski definition) is 1. The van der Waals surface area contributed by atoms with Gasteiger partial charge in [0, 0.05) is 18.7 Å². The Morgan fingerprint density at radius 2 is 2.28 bits per heavy atom. The van der Waals surface area contributed by atoms with Crippen LogP contribution in [0, 0.1) is 11.7 Å². The second-order valence-electron chi connectivity index (χ2n) is 4.33. The van der Waals surface area contributed by atoms with Gasteiger partial charge in [-0.15, -0.1) is 0 Å². The summed E-state index contributed by atoms with van der Waals surface area (Å²) in [6, 6.07) is 1.27. The van der Waals surface area contributed by atoms with Crippen LogP contribution in [0.5, 0.6) is 0 Å².